The lowest BCUT2D eigenvalue weighted by atomic mass is 9.97. The summed E-state index contributed by atoms with van der Waals surface area (Å²) in [5.74, 6) is -13.3. The molecule has 29 heteroatoms. The molecule has 0 aliphatic rings. The molecule has 0 saturated carbocycles. The lowest BCUT2D eigenvalue weighted by Crippen LogP contribution is -2.60. The van der Waals surface area contributed by atoms with Gasteiger partial charge in [0, 0.05) is 25.8 Å². The number of benzene rings is 1. The second-order valence-corrected chi connectivity index (χ2v) is 16.3. The first-order chi connectivity index (χ1) is 33.2. The number of aliphatic imine (C=N–C) groups is 1. The average molecular weight is 1010 g/mol. The van der Waals surface area contributed by atoms with Crippen molar-refractivity contribution < 1.29 is 72.9 Å². The zero-order valence-corrected chi connectivity index (χ0v) is 39.5. The van der Waals surface area contributed by atoms with Gasteiger partial charge in [0.2, 0.25) is 59.1 Å². The number of hydrogen-bond acceptors (Lipinski definition) is 15. The Morgan fingerprint density at radius 1 is 0.592 bits per heavy atom. The topological polar surface area (TPSA) is 504 Å². The van der Waals surface area contributed by atoms with Crippen molar-refractivity contribution >= 4 is 77.0 Å². The smallest absolute Gasteiger partial charge is 0.322 e. The first-order valence-electron chi connectivity index (χ1n) is 22.2. The van der Waals surface area contributed by atoms with Gasteiger partial charge in [-0.05, 0) is 56.2 Å². The van der Waals surface area contributed by atoms with Crippen LogP contribution in [0.1, 0.15) is 77.7 Å². The third-order valence-corrected chi connectivity index (χ3v) is 10.3. The number of nitrogens with zero attached hydrogens (tertiary/aromatic N) is 1. The van der Waals surface area contributed by atoms with Crippen LogP contribution in [0.25, 0.3) is 0 Å². The first-order valence-corrected chi connectivity index (χ1v) is 22.2. The minimum absolute atomic E-state index is 0.0159. The van der Waals surface area contributed by atoms with Crippen molar-refractivity contribution in [1.82, 2.24) is 42.5 Å². The van der Waals surface area contributed by atoms with E-state index in [4.69, 9.17) is 33.8 Å². The predicted molar refractivity (Wildman–Crippen MR) is 249 cm³/mol. The number of nitrogens with one attached hydrogen (secondary N) is 8. The maximum Gasteiger partial charge on any atom is 0.322 e. The van der Waals surface area contributed by atoms with Crippen LogP contribution < -0.4 is 71.2 Å². The Labute approximate surface area is 407 Å². The van der Waals surface area contributed by atoms with Crippen LogP contribution in [0.3, 0.4) is 0 Å². The zero-order chi connectivity index (χ0) is 54.0. The Hall–Kier alpha value is -8.11. The van der Waals surface area contributed by atoms with Gasteiger partial charge in [-0.15, -0.1) is 0 Å². The van der Waals surface area contributed by atoms with Crippen molar-refractivity contribution in [2.75, 3.05) is 19.6 Å². The van der Waals surface area contributed by atoms with E-state index in [0.717, 1.165) is 0 Å². The van der Waals surface area contributed by atoms with Crippen LogP contribution in [0.2, 0.25) is 0 Å². The number of aliphatic carboxylic acids is 2. The SMILES string of the molecule is CC[C@H](C)[C@H](NC(=O)[C@H](CCCN=C(N)N)NC(=O)[C@H](CCC(=O)O)NC(=O)[C@H](C)NC(=O)[C@H](Cc1ccc(O)cc1)NC(=O)[C@H](CC(N)=O)NC(=O)CNC(=O)[C@@H](N)CCC(N)=O)C(=O)NCC(=O)O. The molecule has 0 aromatic heterocycles. The van der Waals surface area contributed by atoms with E-state index in [-0.39, 0.29) is 50.4 Å². The van der Waals surface area contributed by atoms with Crippen LogP contribution >= 0.6 is 0 Å². The summed E-state index contributed by atoms with van der Waals surface area (Å²) in [7, 11) is 0. The van der Waals surface area contributed by atoms with Crippen LogP contribution in [-0.4, -0.2) is 154 Å². The second kappa shape index (κ2) is 31.1. The molecule has 0 aliphatic heterocycles. The number of carbonyl (C=O) groups excluding carboxylic acids is 10. The number of aromatic hydroxyl groups is 1. The molecule has 0 saturated heterocycles. The van der Waals surface area contributed by atoms with E-state index in [9.17, 15) is 67.7 Å². The molecule has 0 spiro atoms. The maximum atomic E-state index is 13.9. The summed E-state index contributed by atoms with van der Waals surface area (Å²) in [6, 6.07) is -5.12. The number of hydrogen-bond donors (Lipinski definition) is 16. The van der Waals surface area contributed by atoms with Gasteiger partial charge < -0.3 is 86.5 Å². The monoisotopic (exact) mass is 1010 g/mol. The highest BCUT2D eigenvalue weighted by molar-refractivity contribution is 5.98. The van der Waals surface area contributed by atoms with Gasteiger partial charge in [0.25, 0.3) is 0 Å². The Morgan fingerprint density at radius 2 is 1.14 bits per heavy atom. The van der Waals surface area contributed by atoms with Crippen LogP contribution in [0.5, 0.6) is 5.75 Å². The number of phenols is 1. The summed E-state index contributed by atoms with van der Waals surface area (Å²) >= 11 is 0. The number of nitrogens with two attached hydrogens (primary N) is 5. The van der Waals surface area contributed by atoms with Gasteiger partial charge >= 0.3 is 11.9 Å². The molecule has 1 rings (SSSR count). The normalized spacial score (nSPS) is 14.1. The summed E-state index contributed by atoms with van der Waals surface area (Å²) in [5.41, 5.74) is 27.2. The summed E-state index contributed by atoms with van der Waals surface area (Å²) in [6.07, 6.45) is -2.41. The number of guanidine groups is 1. The van der Waals surface area contributed by atoms with E-state index in [1.807, 2.05) is 0 Å². The van der Waals surface area contributed by atoms with Crippen molar-refractivity contribution in [3.63, 3.8) is 0 Å². The zero-order valence-electron chi connectivity index (χ0n) is 39.5. The van der Waals surface area contributed by atoms with Crippen LogP contribution in [-0.2, 0) is 64.0 Å². The molecule has 21 N–H and O–H groups in total. The van der Waals surface area contributed by atoms with Crippen LogP contribution in [0.4, 0.5) is 0 Å². The lowest BCUT2D eigenvalue weighted by Gasteiger charge is -2.28. The average Bonchev–Trinajstić information content (AvgIpc) is 3.29. The number of carbonyl (C=O) groups is 12. The van der Waals surface area contributed by atoms with E-state index >= 15 is 0 Å². The Kier molecular flexibility index (Phi) is 26.7. The van der Waals surface area contributed by atoms with Crippen LogP contribution in [0, 0.1) is 5.92 Å². The fourth-order valence-electron chi connectivity index (χ4n) is 6.22. The quantitative estimate of drug-likeness (QED) is 0.0177. The second-order valence-electron chi connectivity index (χ2n) is 16.3. The minimum Gasteiger partial charge on any atom is -0.508 e. The molecule has 394 valence electrons. The van der Waals surface area contributed by atoms with Gasteiger partial charge in [-0.1, -0.05) is 32.4 Å². The van der Waals surface area contributed by atoms with Crippen molar-refractivity contribution in [2.24, 2.45) is 39.6 Å². The van der Waals surface area contributed by atoms with Gasteiger partial charge in [-0.3, -0.25) is 62.5 Å². The number of carboxylic acid groups (broad SMARTS) is 2. The van der Waals surface area contributed by atoms with Crippen molar-refractivity contribution in [1.29, 1.82) is 0 Å². The van der Waals surface area contributed by atoms with Gasteiger partial charge in [0.1, 0.15) is 48.5 Å². The molecule has 0 fully saturated rings. The molecule has 0 bridgehead atoms. The van der Waals surface area contributed by atoms with Crippen molar-refractivity contribution in [3.8, 4) is 5.75 Å². The fourth-order valence-corrected chi connectivity index (χ4v) is 6.22. The minimum atomic E-state index is -1.72. The van der Waals surface area contributed by atoms with Crippen LogP contribution in [0.15, 0.2) is 29.3 Å². The highest BCUT2D eigenvalue weighted by Gasteiger charge is 2.34. The summed E-state index contributed by atoms with van der Waals surface area (Å²) in [5, 5.41) is 47.0. The Balaban J connectivity index is 3.40. The first kappa shape index (κ1) is 60.9. The van der Waals surface area contributed by atoms with Crippen molar-refractivity contribution in [2.45, 2.75) is 121 Å². The number of phenolic OH excluding ortho intramolecular Hbond substituents is 1. The van der Waals surface area contributed by atoms with Gasteiger partial charge in [0.15, 0.2) is 5.96 Å². The molecule has 0 aliphatic carbocycles. The molecule has 1 aromatic carbocycles. The number of amides is 10. The molecular formula is C42H66N14O15. The molecule has 8 atom stereocenters. The van der Waals surface area contributed by atoms with E-state index < -0.39 is 152 Å². The number of carboxylic acids is 2. The molecule has 0 unspecified atom stereocenters. The fraction of sp³-hybridized carbons (Fsp3) is 0.548. The molecule has 1 aromatic rings. The Bertz CT molecular complexity index is 2100. The van der Waals surface area contributed by atoms with Gasteiger partial charge in [-0.2, -0.15) is 0 Å². The third kappa shape index (κ3) is 24.7. The number of rotatable bonds is 33. The summed E-state index contributed by atoms with van der Waals surface area (Å²) < 4.78 is 0. The van der Waals surface area contributed by atoms with E-state index in [0.29, 0.717) is 12.0 Å². The molecule has 71 heavy (non-hydrogen) atoms. The largest absolute Gasteiger partial charge is 0.508 e. The summed E-state index contributed by atoms with van der Waals surface area (Å²) in [6.45, 7) is 2.98. The van der Waals surface area contributed by atoms with Gasteiger partial charge in [-0.25, -0.2) is 0 Å². The maximum absolute atomic E-state index is 13.9. The van der Waals surface area contributed by atoms with E-state index in [2.05, 4.69) is 47.5 Å². The molecule has 10 amide bonds. The predicted octanol–water partition coefficient (Wildman–Crippen LogP) is -6.39. The molecule has 0 radical (unpaired) electrons. The van der Waals surface area contributed by atoms with Crippen molar-refractivity contribution in [3.05, 3.63) is 29.8 Å². The van der Waals surface area contributed by atoms with E-state index in [1.165, 1.54) is 31.2 Å². The molecule has 29 nitrogen and oxygen atoms in total. The molecule has 0 heterocycles. The Morgan fingerprint density at radius 3 is 1.70 bits per heavy atom. The number of primary amides is 2. The van der Waals surface area contributed by atoms with Gasteiger partial charge in [0.05, 0.1) is 19.0 Å². The molecular weight excluding hydrogens is 941 g/mol. The van der Waals surface area contributed by atoms with E-state index in [1.54, 1.807) is 13.8 Å². The summed E-state index contributed by atoms with van der Waals surface area (Å²) in [4.78, 5) is 156. The standard InChI is InChI=1S/C42H66N14O15/c1-4-20(2)34(41(71)50-19-33(63)64)56-38(68)25(6-5-15-48-42(46)47)54-37(67)26(12-14-32(61)62)53-35(65)21(3)51-39(69)27(16-22-7-9-23(57)10-8-22)55-40(70)28(17-30(45)59)52-31(60)18-49-36(66)24(43)11-13-29(44)58/h7-10,20-21,24-28,34,57H,4-6,11-19,43H2,1-3H3,(H2,44,58)(H2,45,59)(H,49,66)(H,50,71)(H,51,69)(H,52,60)(H,53,65)(H,54,67)(H,55,70)(H,56,68)(H,61,62)(H,63,64)(H4,46,47,48)/t20-,21-,24-,25-,26-,27-,28-,34-/m0/s1. The lowest BCUT2D eigenvalue weighted by molar-refractivity contribution is -0.139. The highest BCUT2D eigenvalue weighted by atomic mass is 16.4. The highest BCUT2D eigenvalue weighted by Crippen LogP contribution is 2.13. The third-order valence-electron chi connectivity index (χ3n) is 10.3.